The molecule has 0 bridgehead atoms. The van der Waals surface area contributed by atoms with Crippen LogP contribution in [0.1, 0.15) is 5.56 Å². The molecule has 0 spiro atoms. The number of nitrogens with zero attached hydrogens (tertiary/aromatic N) is 1. The van der Waals surface area contributed by atoms with E-state index in [1.807, 2.05) is 36.4 Å². The maximum absolute atomic E-state index is 13.0. The monoisotopic (exact) mass is 386 g/mol. The second-order valence-electron chi connectivity index (χ2n) is 6.14. The van der Waals surface area contributed by atoms with E-state index < -0.39 is 11.7 Å². The number of hydrogen-bond donors (Lipinski definition) is 1. The fraction of sp³-hybridized carbons (Fsp3) is 0.0476. The zero-order valence-electron chi connectivity index (χ0n) is 14.0. The van der Waals surface area contributed by atoms with Gasteiger partial charge in [0.25, 0.3) is 0 Å². The predicted molar refractivity (Wildman–Crippen MR) is 103 cm³/mol. The minimum atomic E-state index is -4.37. The van der Waals surface area contributed by atoms with Gasteiger partial charge in [-0.2, -0.15) is 13.2 Å². The van der Waals surface area contributed by atoms with Crippen molar-refractivity contribution in [3.05, 3.63) is 89.6 Å². The molecule has 0 saturated carbocycles. The van der Waals surface area contributed by atoms with Crippen LogP contribution in [0, 0.1) is 0 Å². The van der Waals surface area contributed by atoms with Crippen LogP contribution in [-0.2, 0) is 6.18 Å². The highest BCUT2D eigenvalue weighted by Crippen LogP contribution is 2.32. The standard InChI is InChI=1S/C21H14ClF3N2/c22-16-4-6-17(7-5-16)26-18-8-9-20-14(12-18)10-11-27(20)19-3-1-2-15(13-19)21(23,24)25/h1-13,26H. The molecule has 0 unspecified atom stereocenters. The summed E-state index contributed by atoms with van der Waals surface area (Å²) in [6.07, 6.45) is -2.60. The van der Waals surface area contributed by atoms with Crippen molar-refractivity contribution in [3.8, 4) is 5.69 Å². The minimum Gasteiger partial charge on any atom is -0.356 e. The van der Waals surface area contributed by atoms with Gasteiger partial charge >= 0.3 is 6.18 Å². The van der Waals surface area contributed by atoms with E-state index >= 15 is 0 Å². The van der Waals surface area contributed by atoms with Crippen molar-refractivity contribution in [2.75, 3.05) is 5.32 Å². The summed E-state index contributed by atoms with van der Waals surface area (Å²) in [6.45, 7) is 0. The molecule has 1 aromatic heterocycles. The van der Waals surface area contributed by atoms with Crippen molar-refractivity contribution in [1.82, 2.24) is 4.57 Å². The van der Waals surface area contributed by atoms with E-state index in [4.69, 9.17) is 11.6 Å². The lowest BCUT2D eigenvalue weighted by molar-refractivity contribution is -0.137. The Hall–Kier alpha value is -2.92. The third-order valence-corrected chi connectivity index (χ3v) is 4.53. The van der Waals surface area contributed by atoms with Gasteiger partial charge in [0.2, 0.25) is 0 Å². The Bertz CT molecular complexity index is 1100. The van der Waals surface area contributed by atoms with Crippen LogP contribution < -0.4 is 5.32 Å². The quantitative estimate of drug-likeness (QED) is 0.399. The summed E-state index contributed by atoms with van der Waals surface area (Å²) >= 11 is 5.89. The lowest BCUT2D eigenvalue weighted by atomic mass is 10.2. The molecule has 2 nitrogen and oxygen atoms in total. The first-order valence-corrected chi connectivity index (χ1v) is 8.59. The molecule has 0 aliphatic rings. The van der Waals surface area contributed by atoms with Gasteiger partial charge in [0, 0.05) is 33.7 Å². The van der Waals surface area contributed by atoms with E-state index in [-0.39, 0.29) is 0 Å². The van der Waals surface area contributed by atoms with Crippen LogP contribution in [0.4, 0.5) is 24.5 Å². The van der Waals surface area contributed by atoms with Gasteiger partial charge in [-0.05, 0) is 66.7 Å². The summed E-state index contributed by atoms with van der Waals surface area (Å²) in [4.78, 5) is 0. The van der Waals surface area contributed by atoms with Gasteiger partial charge in [-0.15, -0.1) is 0 Å². The average molecular weight is 387 g/mol. The van der Waals surface area contributed by atoms with Crippen molar-refractivity contribution >= 4 is 33.9 Å². The highest BCUT2D eigenvalue weighted by molar-refractivity contribution is 6.30. The van der Waals surface area contributed by atoms with Gasteiger partial charge in [-0.25, -0.2) is 0 Å². The van der Waals surface area contributed by atoms with Crippen molar-refractivity contribution in [3.63, 3.8) is 0 Å². The van der Waals surface area contributed by atoms with E-state index in [0.717, 1.165) is 34.4 Å². The second-order valence-corrected chi connectivity index (χ2v) is 6.58. The molecule has 4 rings (SSSR count). The number of nitrogens with one attached hydrogen (secondary N) is 1. The van der Waals surface area contributed by atoms with Crippen LogP contribution in [0.3, 0.4) is 0 Å². The number of aromatic nitrogens is 1. The predicted octanol–water partition coefficient (Wildman–Crippen LogP) is 7.05. The maximum Gasteiger partial charge on any atom is 0.416 e. The van der Waals surface area contributed by atoms with Gasteiger partial charge in [-0.1, -0.05) is 17.7 Å². The fourth-order valence-electron chi connectivity index (χ4n) is 2.98. The van der Waals surface area contributed by atoms with Crippen LogP contribution in [0.5, 0.6) is 0 Å². The van der Waals surface area contributed by atoms with Crippen LogP contribution in [-0.4, -0.2) is 4.57 Å². The van der Waals surface area contributed by atoms with Crippen LogP contribution in [0.2, 0.25) is 5.02 Å². The van der Waals surface area contributed by atoms with Crippen molar-refractivity contribution < 1.29 is 13.2 Å². The molecule has 0 fully saturated rings. The van der Waals surface area contributed by atoms with Crippen molar-refractivity contribution in [2.24, 2.45) is 0 Å². The average Bonchev–Trinajstić information content (AvgIpc) is 3.06. The van der Waals surface area contributed by atoms with E-state index in [1.54, 1.807) is 29.0 Å². The first-order valence-electron chi connectivity index (χ1n) is 8.21. The lowest BCUT2D eigenvalue weighted by Gasteiger charge is -2.11. The zero-order chi connectivity index (χ0) is 19.0. The largest absolute Gasteiger partial charge is 0.416 e. The number of halogens is 4. The van der Waals surface area contributed by atoms with Gasteiger partial charge in [0.15, 0.2) is 0 Å². The summed E-state index contributed by atoms with van der Waals surface area (Å²) in [5, 5.41) is 4.87. The van der Waals surface area contributed by atoms with Crippen LogP contribution in [0.25, 0.3) is 16.6 Å². The summed E-state index contributed by atoms with van der Waals surface area (Å²) in [5.41, 5.74) is 2.42. The molecule has 0 radical (unpaired) electrons. The Morgan fingerprint density at radius 3 is 2.30 bits per heavy atom. The molecule has 0 amide bonds. The number of hydrogen-bond acceptors (Lipinski definition) is 1. The first-order chi connectivity index (χ1) is 12.9. The van der Waals surface area contributed by atoms with Gasteiger partial charge in [0.05, 0.1) is 11.1 Å². The highest BCUT2D eigenvalue weighted by atomic mass is 35.5. The Morgan fingerprint density at radius 2 is 1.56 bits per heavy atom. The topological polar surface area (TPSA) is 17.0 Å². The summed E-state index contributed by atoms with van der Waals surface area (Å²) in [6, 6.07) is 20.3. The molecule has 27 heavy (non-hydrogen) atoms. The summed E-state index contributed by atoms with van der Waals surface area (Å²) in [7, 11) is 0. The second kappa shape index (κ2) is 6.67. The van der Waals surface area contributed by atoms with Gasteiger partial charge in [-0.3, -0.25) is 0 Å². The smallest absolute Gasteiger partial charge is 0.356 e. The molecular weight excluding hydrogens is 373 g/mol. The SMILES string of the molecule is FC(F)(F)c1cccc(-n2ccc3cc(Nc4ccc(Cl)cc4)ccc32)c1. The molecule has 3 aromatic carbocycles. The number of alkyl halides is 3. The van der Waals surface area contributed by atoms with Crippen molar-refractivity contribution in [1.29, 1.82) is 0 Å². The molecule has 1 heterocycles. The minimum absolute atomic E-state index is 0.471. The van der Waals surface area contributed by atoms with E-state index in [1.165, 1.54) is 6.07 Å². The maximum atomic E-state index is 13.0. The molecule has 136 valence electrons. The number of fused-ring (bicyclic) bond motifs is 1. The first kappa shape index (κ1) is 17.5. The van der Waals surface area contributed by atoms with Gasteiger partial charge in [0.1, 0.15) is 0 Å². The number of benzene rings is 3. The summed E-state index contributed by atoms with van der Waals surface area (Å²) in [5.74, 6) is 0. The Balaban J connectivity index is 1.68. The normalized spacial score (nSPS) is 11.7. The Kier molecular flexibility index (Phi) is 4.32. The van der Waals surface area contributed by atoms with E-state index in [9.17, 15) is 13.2 Å². The van der Waals surface area contributed by atoms with Crippen LogP contribution in [0.15, 0.2) is 79.0 Å². The third kappa shape index (κ3) is 3.64. The molecular formula is C21H14ClF3N2. The number of anilines is 2. The molecule has 1 N–H and O–H groups in total. The zero-order valence-corrected chi connectivity index (χ0v) is 14.7. The third-order valence-electron chi connectivity index (χ3n) is 4.27. The number of rotatable bonds is 3. The molecule has 0 aliphatic heterocycles. The van der Waals surface area contributed by atoms with Gasteiger partial charge < -0.3 is 9.88 Å². The Morgan fingerprint density at radius 1 is 0.815 bits per heavy atom. The van der Waals surface area contributed by atoms with Crippen LogP contribution >= 0.6 is 11.6 Å². The van der Waals surface area contributed by atoms with Crippen molar-refractivity contribution in [2.45, 2.75) is 6.18 Å². The van der Waals surface area contributed by atoms with E-state index in [2.05, 4.69) is 5.32 Å². The molecule has 6 heteroatoms. The molecule has 0 aliphatic carbocycles. The lowest BCUT2D eigenvalue weighted by Crippen LogP contribution is -2.05. The Labute approximate surface area is 158 Å². The van der Waals surface area contributed by atoms with E-state index in [0.29, 0.717) is 10.7 Å². The molecule has 0 saturated heterocycles. The molecule has 0 atom stereocenters. The fourth-order valence-corrected chi connectivity index (χ4v) is 3.10. The highest BCUT2D eigenvalue weighted by Gasteiger charge is 2.30. The molecule has 4 aromatic rings. The summed E-state index contributed by atoms with van der Waals surface area (Å²) < 4.78 is 40.7.